The summed E-state index contributed by atoms with van der Waals surface area (Å²) in [5.41, 5.74) is 0.640. The van der Waals surface area contributed by atoms with Crippen LogP contribution in [-0.4, -0.2) is 5.91 Å². The Labute approximate surface area is 112 Å². The van der Waals surface area contributed by atoms with Crippen LogP contribution in [0.15, 0.2) is 23.8 Å². The SMILES string of the molecule is CC/C=C(\C)C(=O)Nc1cc(F)c(I)c(F)c1. The number of benzene rings is 1. The van der Waals surface area contributed by atoms with E-state index in [1.54, 1.807) is 35.6 Å². The van der Waals surface area contributed by atoms with Gasteiger partial charge < -0.3 is 5.32 Å². The molecule has 0 aliphatic rings. The van der Waals surface area contributed by atoms with Crippen molar-refractivity contribution in [2.75, 3.05) is 5.32 Å². The van der Waals surface area contributed by atoms with E-state index in [0.29, 0.717) is 5.57 Å². The van der Waals surface area contributed by atoms with Gasteiger partial charge >= 0.3 is 0 Å². The Balaban J connectivity index is 2.90. The molecule has 0 aliphatic heterocycles. The molecular weight excluding hydrogens is 339 g/mol. The van der Waals surface area contributed by atoms with Crippen molar-refractivity contribution in [2.24, 2.45) is 0 Å². The molecule has 1 aromatic rings. The molecule has 0 fully saturated rings. The van der Waals surface area contributed by atoms with E-state index in [-0.39, 0.29) is 15.2 Å². The summed E-state index contributed by atoms with van der Waals surface area (Å²) in [7, 11) is 0. The second kappa shape index (κ2) is 6.09. The fraction of sp³-hybridized carbons (Fsp3) is 0.250. The van der Waals surface area contributed by atoms with Crippen LogP contribution in [0.25, 0.3) is 0 Å². The van der Waals surface area contributed by atoms with Crippen LogP contribution in [0.3, 0.4) is 0 Å². The molecule has 0 spiro atoms. The molecule has 1 amide bonds. The van der Waals surface area contributed by atoms with Crippen LogP contribution >= 0.6 is 22.6 Å². The maximum Gasteiger partial charge on any atom is 0.250 e. The number of amides is 1. The summed E-state index contributed by atoms with van der Waals surface area (Å²) in [6, 6.07) is 2.20. The van der Waals surface area contributed by atoms with E-state index in [1.807, 2.05) is 6.92 Å². The minimum atomic E-state index is -0.682. The molecule has 0 saturated carbocycles. The lowest BCUT2D eigenvalue weighted by Crippen LogP contribution is -2.13. The van der Waals surface area contributed by atoms with Gasteiger partial charge in [-0.15, -0.1) is 0 Å². The molecule has 5 heteroatoms. The maximum atomic E-state index is 13.2. The molecule has 1 rings (SSSR count). The summed E-state index contributed by atoms with van der Waals surface area (Å²) in [5.74, 6) is -1.72. The lowest BCUT2D eigenvalue weighted by atomic mass is 10.2. The van der Waals surface area contributed by atoms with Crippen molar-refractivity contribution >= 4 is 34.2 Å². The van der Waals surface area contributed by atoms with Crippen molar-refractivity contribution < 1.29 is 13.6 Å². The average molecular weight is 351 g/mol. The lowest BCUT2D eigenvalue weighted by Gasteiger charge is -2.07. The molecule has 0 unspecified atom stereocenters. The van der Waals surface area contributed by atoms with E-state index >= 15 is 0 Å². The first-order valence-electron chi connectivity index (χ1n) is 5.08. The number of carbonyl (C=O) groups is 1. The molecule has 0 aromatic heterocycles. The summed E-state index contributed by atoms with van der Waals surface area (Å²) in [5, 5.41) is 2.44. The van der Waals surface area contributed by atoms with E-state index in [0.717, 1.165) is 18.6 Å². The molecule has 0 saturated heterocycles. The number of nitrogens with one attached hydrogen (secondary N) is 1. The lowest BCUT2D eigenvalue weighted by molar-refractivity contribution is -0.112. The van der Waals surface area contributed by atoms with E-state index in [2.05, 4.69) is 5.32 Å². The maximum absolute atomic E-state index is 13.2. The number of carbonyl (C=O) groups excluding carboxylic acids is 1. The standard InChI is InChI=1S/C12H12F2INO/c1-3-4-7(2)12(17)16-8-5-9(13)11(15)10(14)6-8/h4-6H,3H2,1-2H3,(H,16,17)/b7-4+. The van der Waals surface area contributed by atoms with E-state index < -0.39 is 11.6 Å². The summed E-state index contributed by atoms with van der Waals surface area (Å²) >= 11 is 1.57. The van der Waals surface area contributed by atoms with Crippen LogP contribution < -0.4 is 5.32 Å². The zero-order valence-electron chi connectivity index (χ0n) is 9.48. The highest BCUT2D eigenvalue weighted by Gasteiger charge is 2.10. The van der Waals surface area contributed by atoms with E-state index in [4.69, 9.17) is 0 Å². The summed E-state index contributed by atoms with van der Waals surface area (Å²) in [6.07, 6.45) is 2.48. The fourth-order valence-corrected chi connectivity index (χ4v) is 1.57. The Bertz CT molecular complexity index is 449. The zero-order chi connectivity index (χ0) is 13.0. The number of hydrogen-bond acceptors (Lipinski definition) is 1. The van der Waals surface area contributed by atoms with Crippen molar-refractivity contribution in [1.82, 2.24) is 0 Å². The normalized spacial score (nSPS) is 11.5. The third kappa shape index (κ3) is 3.76. The van der Waals surface area contributed by atoms with Gasteiger partial charge in [0.25, 0.3) is 5.91 Å². The van der Waals surface area contributed by atoms with Gasteiger partial charge in [-0.1, -0.05) is 13.0 Å². The van der Waals surface area contributed by atoms with Crippen molar-refractivity contribution in [3.63, 3.8) is 0 Å². The van der Waals surface area contributed by atoms with Gasteiger partial charge in [0, 0.05) is 11.3 Å². The van der Waals surface area contributed by atoms with Crippen LogP contribution in [0.4, 0.5) is 14.5 Å². The Morgan fingerprint density at radius 1 is 1.41 bits per heavy atom. The van der Waals surface area contributed by atoms with Crippen molar-refractivity contribution in [3.8, 4) is 0 Å². The first-order valence-corrected chi connectivity index (χ1v) is 6.16. The second-order valence-electron chi connectivity index (χ2n) is 3.50. The Hall–Kier alpha value is -0.980. The van der Waals surface area contributed by atoms with Crippen molar-refractivity contribution in [3.05, 3.63) is 39.0 Å². The molecule has 1 aromatic carbocycles. The van der Waals surface area contributed by atoms with Crippen LogP contribution in [0.2, 0.25) is 0 Å². The number of halogens is 3. The average Bonchev–Trinajstić information content (AvgIpc) is 2.26. The topological polar surface area (TPSA) is 29.1 Å². The summed E-state index contributed by atoms with van der Waals surface area (Å²) < 4.78 is 26.4. The van der Waals surface area contributed by atoms with Gasteiger partial charge in [0.05, 0.1) is 3.57 Å². The highest BCUT2D eigenvalue weighted by Crippen LogP contribution is 2.20. The van der Waals surface area contributed by atoms with E-state index in [1.165, 1.54) is 0 Å². The van der Waals surface area contributed by atoms with Crippen molar-refractivity contribution in [2.45, 2.75) is 20.3 Å². The third-order valence-electron chi connectivity index (χ3n) is 2.11. The van der Waals surface area contributed by atoms with Gasteiger partial charge in [0.2, 0.25) is 0 Å². The molecule has 0 atom stereocenters. The molecule has 0 aliphatic carbocycles. The minimum absolute atomic E-state index is 0.0820. The first kappa shape index (κ1) is 14.1. The Morgan fingerprint density at radius 3 is 2.41 bits per heavy atom. The number of rotatable bonds is 3. The van der Waals surface area contributed by atoms with Gasteiger partial charge in [-0.2, -0.15) is 0 Å². The van der Waals surface area contributed by atoms with E-state index in [9.17, 15) is 13.6 Å². The molecule has 0 heterocycles. The molecule has 0 bridgehead atoms. The third-order valence-corrected chi connectivity index (χ3v) is 3.14. The first-order chi connectivity index (χ1) is 7.95. The van der Waals surface area contributed by atoms with Gasteiger partial charge in [-0.25, -0.2) is 8.78 Å². The van der Waals surface area contributed by atoms with Crippen molar-refractivity contribution in [1.29, 1.82) is 0 Å². The molecule has 92 valence electrons. The fourth-order valence-electron chi connectivity index (χ4n) is 1.26. The number of allylic oxidation sites excluding steroid dienone is 1. The van der Waals surface area contributed by atoms with Gasteiger partial charge in [-0.3, -0.25) is 4.79 Å². The molecule has 2 nitrogen and oxygen atoms in total. The van der Waals surface area contributed by atoms with Gasteiger partial charge in [-0.05, 0) is 48.1 Å². The van der Waals surface area contributed by atoms with Gasteiger partial charge in [0.15, 0.2) is 0 Å². The quantitative estimate of drug-likeness (QED) is 0.500. The van der Waals surface area contributed by atoms with Crippen LogP contribution in [0.1, 0.15) is 20.3 Å². The molecule has 0 radical (unpaired) electrons. The van der Waals surface area contributed by atoms with Gasteiger partial charge in [0.1, 0.15) is 11.6 Å². The Morgan fingerprint density at radius 2 is 1.94 bits per heavy atom. The smallest absolute Gasteiger partial charge is 0.250 e. The van der Waals surface area contributed by atoms with Crippen LogP contribution in [-0.2, 0) is 4.79 Å². The summed E-state index contributed by atoms with van der Waals surface area (Å²) in [6.45, 7) is 3.55. The predicted octanol–water partition coefficient (Wildman–Crippen LogP) is 3.86. The minimum Gasteiger partial charge on any atom is -0.322 e. The highest BCUT2D eigenvalue weighted by molar-refractivity contribution is 14.1. The summed E-state index contributed by atoms with van der Waals surface area (Å²) in [4.78, 5) is 11.6. The Kier molecular flexibility index (Phi) is 5.04. The second-order valence-corrected chi connectivity index (χ2v) is 4.58. The predicted molar refractivity (Wildman–Crippen MR) is 71.8 cm³/mol. The monoisotopic (exact) mass is 351 g/mol. The molecular formula is C12H12F2INO. The number of hydrogen-bond donors (Lipinski definition) is 1. The molecule has 1 N–H and O–H groups in total. The highest BCUT2D eigenvalue weighted by atomic mass is 127. The number of anilines is 1. The zero-order valence-corrected chi connectivity index (χ0v) is 11.6. The van der Waals surface area contributed by atoms with Crippen LogP contribution in [0.5, 0.6) is 0 Å². The van der Waals surface area contributed by atoms with Crippen LogP contribution in [0, 0.1) is 15.2 Å². The largest absolute Gasteiger partial charge is 0.322 e. The molecule has 17 heavy (non-hydrogen) atoms.